The summed E-state index contributed by atoms with van der Waals surface area (Å²) >= 11 is 0. The molecule has 5 rings (SSSR count). The van der Waals surface area contributed by atoms with Crippen LogP contribution in [0.15, 0.2) is 53.4 Å². The largest absolute Gasteiger partial charge is 0.306 e. The summed E-state index contributed by atoms with van der Waals surface area (Å²) in [7, 11) is 0. The third-order valence-electron chi connectivity index (χ3n) is 4.92. The van der Waals surface area contributed by atoms with E-state index in [9.17, 15) is 0 Å². The smallest absolute Gasteiger partial charge is 0.153 e. The Hall–Kier alpha value is -3.06. The van der Waals surface area contributed by atoms with Gasteiger partial charge in [0.1, 0.15) is 11.0 Å². The third-order valence-corrected chi connectivity index (χ3v) is 4.92. The third kappa shape index (κ3) is 2.66. The van der Waals surface area contributed by atoms with Gasteiger partial charge in [-0.25, -0.2) is 14.3 Å². The highest BCUT2D eigenvalue weighted by molar-refractivity contribution is 5.73. The number of pyridine rings is 1. The second-order valence-electron chi connectivity index (χ2n) is 6.56. The summed E-state index contributed by atoms with van der Waals surface area (Å²) in [5.41, 5.74) is 5.26. The van der Waals surface area contributed by atoms with Crippen LogP contribution in [0.2, 0.25) is 0 Å². The van der Waals surface area contributed by atoms with Crippen LogP contribution in [-0.4, -0.2) is 25.1 Å². The molecule has 1 aromatic carbocycles. The molecule has 7 nitrogen and oxygen atoms in total. The predicted octanol–water partition coefficient (Wildman–Crippen LogP) is 2.97. The first-order valence-corrected chi connectivity index (χ1v) is 8.81. The molecule has 1 atom stereocenters. The highest BCUT2D eigenvalue weighted by Gasteiger charge is 2.24. The molecule has 7 heteroatoms. The Morgan fingerprint density at radius 3 is 3.04 bits per heavy atom. The predicted molar refractivity (Wildman–Crippen MR) is 95.7 cm³/mol. The van der Waals surface area contributed by atoms with E-state index in [1.807, 2.05) is 41.2 Å². The van der Waals surface area contributed by atoms with Crippen molar-refractivity contribution in [3.05, 3.63) is 65.6 Å². The van der Waals surface area contributed by atoms with Crippen LogP contribution in [0.3, 0.4) is 0 Å². The second kappa shape index (κ2) is 6.34. The molecule has 0 radical (unpaired) electrons. The van der Waals surface area contributed by atoms with Crippen molar-refractivity contribution in [1.29, 1.82) is 0 Å². The molecule has 0 saturated heterocycles. The molecule has 0 spiro atoms. The number of rotatable bonds is 4. The van der Waals surface area contributed by atoms with Gasteiger partial charge >= 0.3 is 0 Å². The Kier molecular flexibility index (Phi) is 3.71. The minimum Gasteiger partial charge on any atom is -0.306 e. The van der Waals surface area contributed by atoms with Crippen molar-refractivity contribution in [1.82, 2.24) is 30.4 Å². The van der Waals surface area contributed by atoms with Crippen molar-refractivity contribution < 1.29 is 4.63 Å². The number of hydrogen-bond donors (Lipinski definition) is 1. The van der Waals surface area contributed by atoms with E-state index in [4.69, 9.17) is 4.63 Å². The lowest BCUT2D eigenvalue weighted by Gasteiger charge is -2.24. The van der Waals surface area contributed by atoms with Gasteiger partial charge in [-0.2, -0.15) is 5.10 Å². The van der Waals surface area contributed by atoms with Gasteiger partial charge < -0.3 is 5.32 Å². The molecule has 0 unspecified atom stereocenters. The number of nitrogens with one attached hydrogen (secondary N) is 1. The fourth-order valence-electron chi connectivity index (χ4n) is 3.62. The average Bonchev–Trinajstić information content (AvgIpc) is 3.33. The molecule has 1 aliphatic rings. The van der Waals surface area contributed by atoms with Gasteiger partial charge in [-0.15, -0.1) is 0 Å². The number of nitrogens with zero attached hydrogens (tertiary/aromatic N) is 5. The fraction of sp³-hybridized carbons (Fsp3) is 0.263. The molecule has 4 aromatic rings. The zero-order chi connectivity index (χ0) is 17.3. The highest BCUT2D eigenvalue weighted by Crippen LogP contribution is 2.31. The summed E-state index contributed by atoms with van der Waals surface area (Å²) in [4.78, 5) is 4.43. The molecule has 3 heterocycles. The van der Waals surface area contributed by atoms with Crippen LogP contribution in [0, 0.1) is 0 Å². The van der Waals surface area contributed by atoms with Gasteiger partial charge in [-0.3, -0.25) is 0 Å². The molecule has 0 amide bonds. The van der Waals surface area contributed by atoms with E-state index in [-0.39, 0.29) is 0 Å². The maximum absolute atomic E-state index is 4.77. The standard InChI is InChI=1S/C19H18N6O/c1-2-9-20-19(6-1)25-18-5-3-4-15(14(18)12-22-25)21-11-13-7-8-16-17(10-13)24-26-23-16/h1-2,6-10,12,15,21H,3-5,11H2/t15-/m1/s1. The van der Waals surface area contributed by atoms with Crippen molar-refractivity contribution in [2.75, 3.05) is 0 Å². The summed E-state index contributed by atoms with van der Waals surface area (Å²) in [6, 6.07) is 12.2. The van der Waals surface area contributed by atoms with Crippen LogP contribution in [0.25, 0.3) is 16.9 Å². The van der Waals surface area contributed by atoms with E-state index in [1.54, 1.807) is 6.20 Å². The summed E-state index contributed by atoms with van der Waals surface area (Å²) in [5.74, 6) is 0.874. The fourth-order valence-corrected chi connectivity index (χ4v) is 3.62. The van der Waals surface area contributed by atoms with Crippen LogP contribution < -0.4 is 5.32 Å². The Morgan fingerprint density at radius 2 is 2.12 bits per heavy atom. The first kappa shape index (κ1) is 15.2. The minimum absolute atomic E-state index is 0.294. The van der Waals surface area contributed by atoms with E-state index >= 15 is 0 Å². The number of fused-ring (bicyclic) bond motifs is 2. The van der Waals surface area contributed by atoms with E-state index in [0.29, 0.717) is 6.04 Å². The van der Waals surface area contributed by atoms with Gasteiger partial charge in [-0.1, -0.05) is 12.1 Å². The van der Waals surface area contributed by atoms with Crippen molar-refractivity contribution in [3.63, 3.8) is 0 Å². The van der Waals surface area contributed by atoms with Gasteiger partial charge in [0.05, 0.1) is 11.9 Å². The first-order chi connectivity index (χ1) is 12.9. The van der Waals surface area contributed by atoms with Crippen LogP contribution in [0.4, 0.5) is 0 Å². The molecule has 0 bridgehead atoms. The lowest BCUT2D eigenvalue weighted by molar-refractivity contribution is 0.315. The SMILES string of the molecule is c1ccc(-n2ncc3c2CCC[C@H]3NCc2ccc3nonc3c2)nc1. The van der Waals surface area contributed by atoms with Gasteiger partial charge in [0.2, 0.25) is 0 Å². The maximum atomic E-state index is 4.77. The topological polar surface area (TPSA) is 81.7 Å². The van der Waals surface area contributed by atoms with E-state index in [2.05, 4.69) is 31.8 Å². The first-order valence-electron chi connectivity index (χ1n) is 8.81. The highest BCUT2D eigenvalue weighted by atomic mass is 16.6. The lowest BCUT2D eigenvalue weighted by atomic mass is 9.92. The Bertz CT molecular complexity index is 1040. The molecule has 26 heavy (non-hydrogen) atoms. The van der Waals surface area contributed by atoms with E-state index in [0.717, 1.165) is 48.2 Å². The molecule has 1 N–H and O–H groups in total. The zero-order valence-electron chi connectivity index (χ0n) is 14.2. The van der Waals surface area contributed by atoms with Crippen LogP contribution in [-0.2, 0) is 13.0 Å². The Morgan fingerprint density at radius 1 is 1.15 bits per heavy atom. The molecule has 1 aliphatic carbocycles. The number of benzene rings is 1. The molecular formula is C19H18N6O. The summed E-state index contributed by atoms with van der Waals surface area (Å²) in [6.07, 6.45) is 7.05. The molecule has 130 valence electrons. The normalized spacial score (nSPS) is 16.7. The second-order valence-corrected chi connectivity index (χ2v) is 6.56. The monoisotopic (exact) mass is 346 g/mol. The number of hydrogen-bond acceptors (Lipinski definition) is 6. The molecular weight excluding hydrogens is 328 g/mol. The van der Waals surface area contributed by atoms with Crippen molar-refractivity contribution in [2.45, 2.75) is 31.8 Å². The molecule has 0 aliphatic heterocycles. The lowest BCUT2D eigenvalue weighted by Crippen LogP contribution is -2.25. The van der Waals surface area contributed by atoms with Crippen LogP contribution in [0.1, 0.15) is 35.7 Å². The van der Waals surface area contributed by atoms with Gasteiger partial charge in [0.15, 0.2) is 5.82 Å². The summed E-state index contributed by atoms with van der Waals surface area (Å²) in [6.45, 7) is 0.766. The van der Waals surface area contributed by atoms with E-state index in [1.165, 1.54) is 11.3 Å². The molecule has 3 aromatic heterocycles. The van der Waals surface area contributed by atoms with Crippen molar-refractivity contribution in [2.24, 2.45) is 0 Å². The maximum Gasteiger partial charge on any atom is 0.153 e. The van der Waals surface area contributed by atoms with Gasteiger partial charge in [0, 0.05) is 24.3 Å². The van der Waals surface area contributed by atoms with Crippen molar-refractivity contribution in [3.8, 4) is 5.82 Å². The van der Waals surface area contributed by atoms with Gasteiger partial charge in [-0.05, 0) is 59.4 Å². The molecule has 0 fully saturated rings. The quantitative estimate of drug-likeness (QED) is 0.612. The Labute approximate surface area is 150 Å². The zero-order valence-corrected chi connectivity index (χ0v) is 14.2. The molecule has 0 saturated carbocycles. The van der Waals surface area contributed by atoms with Crippen molar-refractivity contribution >= 4 is 11.0 Å². The average molecular weight is 346 g/mol. The van der Waals surface area contributed by atoms with Crippen LogP contribution >= 0.6 is 0 Å². The Balaban J connectivity index is 1.37. The van der Waals surface area contributed by atoms with E-state index < -0.39 is 0 Å². The summed E-state index contributed by atoms with van der Waals surface area (Å²) in [5, 5.41) is 16.0. The van der Waals surface area contributed by atoms with Gasteiger partial charge in [0.25, 0.3) is 0 Å². The summed E-state index contributed by atoms with van der Waals surface area (Å²) < 4.78 is 6.74. The number of aromatic nitrogens is 5. The van der Waals surface area contributed by atoms with Crippen LogP contribution in [0.5, 0.6) is 0 Å². The minimum atomic E-state index is 0.294.